The van der Waals surface area contributed by atoms with Crippen LogP contribution < -0.4 is 18.9 Å². The van der Waals surface area contributed by atoms with Gasteiger partial charge in [0.15, 0.2) is 23.9 Å². The molecule has 0 aromatic carbocycles. The summed E-state index contributed by atoms with van der Waals surface area (Å²) in [6.07, 6.45) is 35.7. The van der Waals surface area contributed by atoms with E-state index in [4.69, 9.17) is 11.2 Å². The van der Waals surface area contributed by atoms with Crippen LogP contribution in [0.5, 0.6) is 0 Å². The molecule has 0 heterocycles. The Morgan fingerprint density at radius 2 is 0.587 bits per heavy atom. The van der Waals surface area contributed by atoms with Gasteiger partial charge in [0.05, 0.1) is 0 Å². The van der Waals surface area contributed by atoms with E-state index in [-0.39, 0.29) is 48.0 Å². The first-order valence-electron chi connectivity index (χ1n) is 20.2. The number of rotatable bonds is 4. The maximum Gasteiger partial charge on any atom is 1.00 e. The van der Waals surface area contributed by atoms with Crippen molar-refractivity contribution in [1.29, 1.82) is 0 Å². The quantitative estimate of drug-likeness (QED) is 0.216. The molecule has 16 aliphatic rings. The Kier molecular flexibility index (Phi) is 8.50. The van der Waals surface area contributed by atoms with Gasteiger partial charge >= 0.3 is 18.9 Å². The minimum Gasteiger partial charge on any atom is -1.00 e. The third-order valence-corrected chi connectivity index (χ3v) is 25.8. The fraction of sp³-hybridized carbons (Fsp3) is 1.00. The van der Waals surface area contributed by atoms with E-state index in [0.717, 1.165) is 81.3 Å². The second-order valence-corrected chi connectivity index (χ2v) is 28.1. The molecule has 16 saturated carbocycles. The van der Waals surface area contributed by atoms with E-state index < -0.39 is 6.49 Å². The molecule has 16 fully saturated rings. The van der Waals surface area contributed by atoms with Crippen LogP contribution in [0.2, 0.25) is 0 Å². The van der Waals surface area contributed by atoms with Crippen LogP contribution in [0.4, 0.5) is 0 Å². The molecule has 0 amide bonds. The molecule has 0 spiro atoms. The van der Waals surface area contributed by atoms with Crippen molar-refractivity contribution in [2.45, 2.75) is 175 Å². The Morgan fingerprint density at radius 1 is 0.413 bits per heavy atom. The average Bonchev–Trinajstić information content (AvgIpc) is 2.90. The molecule has 0 radical (unpaired) electrons. The van der Waals surface area contributed by atoms with E-state index in [9.17, 15) is 4.57 Å². The fourth-order valence-corrected chi connectivity index (χ4v) is 27.1. The van der Waals surface area contributed by atoms with Crippen molar-refractivity contribution in [2.24, 2.45) is 71.0 Å². The second-order valence-electron chi connectivity index (χ2n) is 21.3. The average molecular weight is 693 g/mol. The summed E-state index contributed by atoms with van der Waals surface area (Å²) in [6.45, 7) is -2.62. The summed E-state index contributed by atoms with van der Waals surface area (Å²) in [5.74, 6) is 12.2. The summed E-state index contributed by atoms with van der Waals surface area (Å²) in [4.78, 5) is 0. The molecule has 252 valence electrons. The van der Waals surface area contributed by atoms with Gasteiger partial charge in [-0.1, -0.05) is 11.2 Å². The fourth-order valence-electron chi connectivity index (χ4n) is 18.4. The van der Waals surface area contributed by atoms with Crippen LogP contribution in [0.1, 0.15) is 156 Å². The summed E-state index contributed by atoms with van der Waals surface area (Å²) in [5.41, 5.74) is 0. The molecule has 1 nitrogen and oxygen atoms in total. The summed E-state index contributed by atoms with van der Waals surface area (Å²) in [5, 5.41) is 1.88. The number of hydrogen-bond donors (Lipinski definition) is 0. The van der Waals surface area contributed by atoms with Gasteiger partial charge in [-0.15, -0.1) is 8.58 Å². The van der Waals surface area contributed by atoms with Crippen molar-refractivity contribution in [1.82, 2.24) is 0 Å². The molecule has 0 aromatic rings. The van der Waals surface area contributed by atoms with Crippen molar-refractivity contribution in [2.75, 3.05) is 0 Å². The topological polar surface area (TPSA) is 17.1 Å². The third-order valence-electron chi connectivity index (χ3n) is 17.8. The molecule has 46 heavy (non-hydrogen) atoms. The zero-order valence-electron chi connectivity index (χ0n) is 29.6. The summed E-state index contributed by atoms with van der Waals surface area (Å²) >= 11 is 7.33. The van der Waals surface area contributed by atoms with E-state index in [2.05, 4.69) is 0 Å². The van der Waals surface area contributed by atoms with E-state index in [1.54, 1.807) is 77.0 Å². The van der Waals surface area contributed by atoms with E-state index >= 15 is 0 Å². The van der Waals surface area contributed by atoms with Crippen LogP contribution >= 0.6 is 26.3 Å². The van der Waals surface area contributed by atoms with Crippen molar-refractivity contribution < 1.29 is 24.9 Å². The van der Waals surface area contributed by atoms with E-state index in [1.165, 1.54) is 85.6 Å². The summed E-state index contributed by atoms with van der Waals surface area (Å²) in [7, 11) is 1.38. The Labute approximate surface area is 312 Å². The smallest absolute Gasteiger partial charge is 1.00 e. The van der Waals surface area contributed by atoms with Gasteiger partial charge in [-0.05, 0) is 235 Å². The van der Waals surface area contributed by atoms with Gasteiger partial charge in [-0.25, -0.2) is 0 Å². The molecule has 0 atom stereocenters. The molecule has 0 aliphatic heterocycles. The SMILES string of the molecule is C1C2CC3CC1CC(PC14CC5CC(CC(C5)C1)C4)(C2)C3.O=P(Cl)(C12CC3CC(CC(C3)C1)C2)C12CC3CC(CC(C3)C1)C2.[AlH3].[H-].[Li+]. The number of halogens is 1. The summed E-state index contributed by atoms with van der Waals surface area (Å²) < 4.78 is 14.5. The largest absolute Gasteiger partial charge is 1.00 e. The van der Waals surface area contributed by atoms with Gasteiger partial charge in [0.2, 0.25) is 0 Å². The Balaban J connectivity index is 0.000000130. The van der Waals surface area contributed by atoms with Crippen LogP contribution in [0.3, 0.4) is 0 Å². The second kappa shape index (κ2) is 11.5. The van der Waals surface area contributed by atoms with Crippen LogP contribution in [0.15, 0.2) is 0 Å². The van der Waals surface area contributed by atoms with Gasteiger partial charge in [-0.3, -0.25) is 0 Å². The van der Waals surface area contributed by atoms with Crippen LogP contribution in [-0.2, 0) is 4.57 Å². The molecular formula is C40H65AlClLiOP2. The molecule has 16 aliphatic carbocycles. The van der Waals surface area contributed by atoms with Crippen LogP contribution in [0.25, 0.3) is 0 Å². The molecule has 0 aromatic heterocycles. The maximum atomic E-state index is 14.5. The zero-order valence-corrected chi connectivity index (χ0v) is 31.3. The molecular weight excluding hydrogens is 628 g/mol. The Hall–Kier alpha value is 2.08. The zero-order chi connectivity index (χ0) is 29.1. The Morgan fingerprint density at radius 3 is 0.783 bits per heavy atom. The molecule has 16 rings (SSSR count). The first-order chi connectivity index (χ1) is 21.1. The van der Waals surface area contributed by atoms with Gasteiger partial charge in [0, 0.05) is 10.3 Å². The van der Waals surface area contributed by atoms with Crippen molar-refractivity contribution >= 4 is 43.7 Å². The minimum absolute atomic E-state index is 0. The van der Waals surface area contributed by atoms with E-state index in [1.807, 2.05) is 0 Å². The molecule has 0 unspecified atom stereocenters. The predicted molar refractivity (Wildman–Crippen MR) is 196 cm³/mol. The molecule has 6 heteroatoms. The van der Waals surface area contributed by atoms with Gasteiger partial charge in [0.1, 0.15) is 0 Å². The third kappa shape index (κ3) is 5.21. The van der Waals surface area contributed by atoms with E-state index in [0.29, 0.717) is 0 Å². The summed E-state index contributed by atoms with van der Waals surface area (Å²) in [6, 6.07) is 0. The van der Waals surface area contributed by atoms with Gasteiger partial charge < -0.3 is 5.99 Å². The van der Waals surface area contributed by atoms with Gasteiger partial charge in [0.25, 0.3) is 0 Å². The number of hydrogen-bond acceptors (Lipinski definition) is 1. The van der Waals surface area contributed by atoms with Crippen molar-refractivity contribution in [3.8, 4) is 0 Å². The van der Waals surface area contributed by atoms with Crippen LogP contribution in [0, 0.1) is 71.0 Å². The Bertz CT molecular complexity index is 1040. The normalized spacial score (nSPS) is 60.1. The van der Waals surface area contributed by atoms with Crippen molar-refractivity contribution in [3.05, 3.63) is 0 Å². The standard InChI is InChI=1S/C20H30ClOP.C20H31P.Al.Li.4H/c21-23(22,19-7-13-1-14(8-19)3-15(2-13)9-19)20-10-16-4-17(11-20)6-18(5-16)12-20;1-13-2-15-3-14(1)8-19(7-13,9-15)21-20-10-16-4-17(11-20)6-18(5-16)12-20;;;;;;/h13-18H,1-12H2;13-18,21H,1-12H2;;;;;;/q;;;+1;;;;-1. The minimum atomic E-state index is -2.62. The first kappa shape index (κ1) is 33.9. The molecule has 16 bridgehead atoms. The predicted octanol–water partition coefficient (Wildman–Crippen LogP) is 7.98. The maximum absolute atomic E-state index is 14.5. The first-order valence-corrected chi connectivity index (χ1v) is 23.9. The van der Waals surface area contributed by atoms with Crippen molar-refractivity contribution in [3.63, 3.8) is 0 Å². The monoisotopic (exact) mass is 692 g/mol. The molecule has 0 N–H and O–H groups in total. The van der Waals surface area contributed by atoms with Crippen LogP contribution in [-0.4, -0.2) is 38.0 Å². The van der Waals surface area contributed by atoms with Gasteiger partial charge in [-0.2, -0.15) is 0 Å². The molecule has 0 saturated heterocycles.